The van der Waals surface area contributed by atoms with Crippen molar-refractivity contribution in [2.24, 2.45) is 0 Å². The van der Waals surface area contributed by atoms with Crippen molar-refractivity contribution >= 4 is 35.1 Å². The van der Waals surface area contributed by atoms with Crippen LogP contribution in [0, 0.1) is 6.92 Å². The van der Waals surface area contributed by atoms with Crippen molar-refractivity contribution in [3.8, 4) is 0 Å². The summed E-state index contributed by atoms with van der Waals surface area (Å²) in [4.78, 5) is 38.3. The Kier molecular flexibility index (Phi) is 4.70. The van der Waals surface area contributed by atoms with E-state index in [0.717, 1.165) is 10.5 Å². The Labute approximate surface area is 156 Å². The van der Waals surface area contributed by atoms with E-state index >= 15 is 0 Å². The third-order valence-electron chi connectivity index (χ3n) is 4.39. The summed E-state index contributed by atoms with van der Waals surface area (Å²) in [6.07, 6.45) is 0. The fraction of sp³-hybridized carbons (Fsp3) is 0.211. The summed E-state index contributed by atoms with van der Waals surface area (Å²) in [6.45, 7) is 3.07. The summed E-state index contributed by atoms with van der Waals surface area (Å²) in [5, 5.41) is 5.94. The monoisotopic (exact) mass is 371 g/mol. The van der Waals surface area contributed by atoms with E-state index in [1.165, 1.54) is 0 Å². The van der Waals surface area contributed by atoms with Crippen LogP contribution < -0.4 is 10.6 Å². The number of carbonyl (C=O) groups is 3. The minimum absolute atomic E-state index is 0.366. The molecule has 1 fully saturated rings. The van der Waals surface area contributed by atoms with Crippen LogP contribution in [0.3, 0.4) is 0 Å². The van der Waals surface area contributed by atoms with E-state index in [0.29, 0.717) is 16.3 Å². The molecule has 0 saturated carbocycles. The Hall–Kier alpha value is -2.86. The number of urea groups is 1. The highest BCUT2D eigenvalue weighted by Gasteiger charge is 2.49. The van der Waals surface area contributed by atoms with Gasteiger partial charge in [-0.15, -0.1) is 0 Å². The highest BCUT2D eigenvalue weighted by molar-refractivity contribution is 6.30. The number of aryl methyl sites for hydroxylation is 1. The van der Waals surface area contributed by atoms with E-state index in [1.54, 1.807) is 49.4 Å². The summed E-state index contributed by atoms with van der Waals surface area (Å²) in [7, 11) is 0. The van der Waals surface area contributed by atoms with Crippen LogP contribution in [-0.4, -0.2) is 29.3 Å². The van der Waals surface area contributed by atoms with E-state index in [2.05, 4.69) is 10.6 Å². The first-order valence-corrected chi connectivity index (χ1v) is 8.45. The van der Waals surface area contributed by atoms with Gasteiger partial charge in [-0.05, 0) is 43.2 Å². The molecule has 1 saturated heterocycles. The molecular weight excluding hydrogens is 354 g/mol. The number of benzene rings is 2. The van der Waals surface area contributed by atoms with Crippen LogP contribution in [0.5, 0.6) is 0 Å². The number of anilines is 1. The average Bonchev–Trinajstić information content (AvgIpc) is 2.82. The Balaban J connectivity index is 1.74. The molecule has 0 radical (unpaired) electrons. The fourth-order valence-electron chi connectivity index (χ4n) is 2.91. The molecule has 0 spiro atoms. The van der Waals surface area contributed by atoms with Crippen LogP contribution in [0.15, 0.2) is 48.5 Å². The van der Waals surface area contributed by atoms with Gasteiger partial charge in [-0.2, -0.15) is 0 Å². The number of imide groups is 1. The molecule has 1 heterocycles. The van der Waals surface area contributed by atoms with Crippen LogP contribution >= 0.6 is 11.6 Å². The molecule has 0 aliphatic carbocycles. The molecule has 1 aliphatic heterocycles. The van der Waals surface area contributed by atoms with Crippen molar-refractivity contribution in [3.63, 3.8) is 0 Å². The maximum Gasteiger partial charge on any atom is 0.325 e. The average molecular weight is 372 g/mol. The van der Waals surface area contributed by atoms with Crippen LogP contribution in [-0.2, 0) is 15.1 Å². The number of carbonyl (C=O) groups excluding carboxylic acids is 3. The predicted molar refractivity (Wildman–Crippen MR) is 98.9 cm³/mol. The van der Waals surface area contributed by atoms with Gasteiger partial charge in [0.25, 0.3) is 5.91 Å². The Morgan fingerprint density at radius 3 is 2.54 bits per heavy atom. The number of hydrogen-bond donors (Lipinski definition) is 2. The van der Waals surface area contributed by atoms with Gasteiger partial charge in [-0.1, -0.05) is 41.9 Å². The van der Waals surface area contributed by atoms with E-state index in [4.69, 9.17) is 11.6 Å². The summed E-state index contributed by atoms with van der Waals surface area (Å²) in [5.41, 5.74) is 0.846. The Morgan fingerprint density at radius 1 is 1.19 bits per heavy atom. The third kappa shape index (κ3) is 3.28. The van der Waals surface area contributed by atoms with Gasteiger partial charge in [0.1, 0.15) is 12.1 Å². The van der Waals surface area contributed by atoms with Crippen LogP contribution in [0.1, 0.15) is 18.1 Å². The molecule has 3 rings (SSSR count). The zero-order valence-electron chi connectivity index (χ0n) is 14.4. The minimum Gasteiger partial charge on any atom is -0.324 e. The van der Waals surface area contributed by atoms with Gasteiger partial charge in [-0.3, -0.25) is 14.5 Å². The van der Waals surface area contributed by atoms with Gasteiger partial charge >= 0.3 is 6.03 Å². The van der Waals surface area contributed by atoms with E-state index < -0.39 is 23.4 Å². The normalized spacial score (nSPS) is 19.4. The van der Waals surface area contributed by atoms with E-state index in [-0.39, 0.29) is 6.54 Å². The van der Waals surface area contributed by atoms with Crippen molar-refractivity contribution in [1.82, 2.24) is 10.2 Å². The van der Waals surface area contributed by atoms with Gasteiger partial charge in [0.15, 0.2) is 0 Å². The molecule has 134 valence electrons. The zero-order chi connectivity index (χ0) is 18.9. The number of amides is 4. The molecule has 0 unspecified atom stereocenters. The van der Waals surface area contributed by atoms with Crippen molar-refractivity contribution < 1.29 is 14.4 Å². The highest BCUT2D eigenvalue weighted by atomic mass is 35.5. The molecule has 7 heteroatoms. The number of nitrogens with one attached hydrogen (secondary N) is 2. The zero-order valence-corrected chi connectivity index (χ0v) is 15.1. The summed E-state index contributed by atoms with van der Waals surface area (Å²) in [5.74, 6) is -0.923. The second-order valence-electron chi connectivity index (χ2n) is 6.32. The standard InChI is InChI=1S/C19H18ClN3O3/c1-12-10-14(20)8-9-15(12)21-16(24)11-23-17(25)19(2,22-18(23)26)13-6-4-3-5-7-13/h3-10H,11H2,1-2H3,(H,21,24)(H,22,26)/t19-/m0/s1. The molecule has 4 amide bonds. The maximum absolute atomic E-state index is 12.8. The topological polar surface area (TPSA) is 78.5 Å². The summed E-state index contributed by atoms with van der Waals surface area (Å²) in [6, 6.07) is 13.4. The number of rotatable bonds is 4. The molecule has 6 nitrogen and oxygen atoms in total. The van der Waals surface area contributed by atoms with Gasteiger partial charge in [0.05, 0.1) is 0 Å². The maximum atomic E-state index is 12.8. The number of nitrogens with zero attached hydrogens (tertiary/aromatic N) is 1. The predicted octanol–water partition coefficient (Wildman–Crippen LogP) is 3.05. The fourth-order valence-corrected chi connectivity index (χ4v) is 3.14. The van der Waals surface area contributed by atoms with Gasteiger partial charge in [0, 0.05) is 10.7 Å². The van der Waals surface area contributed by atoms with Crippen molar-refractivity contribution in [1.29, 1.82) is 0 Å². The van der Waals surface area contributed by atoms with Crippen molar-refractivity contribution in [3.05, 3.63) is 64.7 Å². The Morgan fingerprint density at radius 2 is 1.88 bits per heavy atom. The molecule has 1 atom stereocenters. The van der Waals surface area contributed by atoms with Crippen molar-refractivity contribution in [2.45, 2.75) is 19.4 Å². The summed E-state index contributed by atoms with van der Waals surface area (Å²) < 4.78 is 0. The molecule has 1 aliphatic rings. The lowest BCUT2D eigenvalue weighted by molar-refractivity contribution is -0.133. The van der Waals surface area contributed by atoms with E-state index in [9.17, 15) is 14.4 Å². The lowest BCUT2D eigenvalue weighted by atomic mass is 9.92. The second-order valence-corrected chi connectivity index (χ2v) is 6.76. The van der Waals surface area contributed by atoms with Gasteiger partial charge in [0.2, 0.25) is 5.91 Å². The van der Waals surface area contributed by atoms with Crippen molar-refractivity contribution in [2.75, 3.05) is 11.9 Å². The third-order valence-corrected chi connectivity index (χ3v) is 4.63. The lowest BCUT2D eigenvalue weighted by Crippen LogP contribution is -2.42. The van der Waals surface area contributed by atoms with E-state index in [1.807, 2.05) is 13.0 Å². The highest BCUT2D eigenvalue weighted by Crippen LogP contribution is 2.28. The molecular formula is C19H18ClN3O3. The van der Waals surface area contributed by atoms with Crippen LogP contribution in [0.4, 0.5) is 10.5 Å². The van der Waals surface area contributed by atoms with Crippen LogP contribution in [0.2, 0.25) is 5.02 Å². The van der Waals surface area contributed by atoms with Gasteiger partial charge in [-0.25, -0.2) is 4.79 Å². The first-order valence-electron chi connectivity index (χ1n) is 8.07. The number of hydrogen-bond acceptors (Lipinski definition) is 3. The molecule has 2 aromatic rings. The summed E-state index contributed by atoms with van der Waals surface area (Å²) >= 11 is 5.90. The first-order chi connectivity index (χ1) is 12.3. The smallest absolute Gasteiger partial charge is 0.324 e. The lowest BCUT2D eigenvalue weighted by Gasteiger charge is -2.22. The second kappa shape index (κ2) is 6.80. The number of halogens is 1. The molecule has 0 bridgehead atoms. The van der Waals surface area contributed by atoms with Gasteiger partial charge < -0.3 is 10.6 Å². The first kappa shape index (κ1) is 17.9. The largest absolute Gasteiger partial charge is 0.325 e. The SMILES string of the molecule is Cc1cc(Cl)ccc1NC(=O)CN1C(=O)N[C@@](C)(c2ccccc2)C1=O. The molecule has 2 N–H and O–H groups in total. The van der Waals surface area contributed by atoms with Crippen LogP contribution in [0.25, 0.3) is 0 Å². The minimum atomic E-state index is -1.19. The molecule has 26 heavy (non-hydrogen) atoms. The quantitative estimate of drug-likeness (QED) is 0.811. The molecule has 2 aromatic carbocycles. The Bertz CT molecular complexity index is 885. The molecule has 0 aromatic heterocycles.